The van der Waals surface area contributed by atoms with E-state index in [1.807, 2.05) is 0 Å². The molecular formula is C14H18FNO3. The second kappa shape index (κ2) is 5.67. The molecule has 104 valence electrons. The van der Waals surface area contributed by atoms with Crippen molar-refractivity contribution in [3.8, 4) is 0 Å². The molecular weight excluding hydrogens is 249 g/mol. The van der Waals surface area contributed by atoms with E-state index in [1.165, 1.54) is 18.2 Å². The molecule has 1 heterocycles. The van der Waals surface area contributed by atoms with E-state index in [1.54, 1.807) is 6.07 Å². The van der Waals surface area contributed by atoms with Crippen LogP contribution in [0.4, 0.5) is 4.39 Å². The van der Waals surface area contributed by atoms with Crippen LogP contribution in [0, 0.1) is 11.7 Å². The van der Waals surface area contributed by atoms with Crippen molar-refractivity contribution in [2.75, 3.05) is 19.8 Å². The van der Waals surface area contributed by atoms with Gasteiger partial charge in [0.15, 0.2) is 0 Å². The Kier molecular flexibility index (Phi) is 4.17. The van der Waals surface area contributed by atoms with Gasteiger partial charge in [-0.15, -0.1) is 0 Å². The largest absolute Gasteiger partial charge is 0.481 e. The quantitative estimate of drug-likeness (QED) is 0.848. The topological polar surface area (TPSA) is 72.5 Å². The van der Waals surface area contributed by atoms with Gasteiger partial charge in [0.1, 0.15) is 11.2 Å². The monoisotopic (exact) mass is 267 g/mol. The molecule has 2 unspecified atom stereocenters. The number of carboxylic acids is 1. The summed E-state index contributed by atoms with van der Waals surface area (Å²) < 4.78 is 18.6. The zero-order valence-electron chi connectivity index (χ0n) is 10.6. The Hall–Kier alpha value is -1.46. The molecule has 1 aliphatic heterocycles. The van der Waals surface area contributed by atoms with E-state index in [0.29, 0.717) is 25.2 Å². The van der Waals surface area contributed by atoms with Crippen LogP contribution in [0.15, 0.2) is 24.3 Å². The Morgan fingerprint density at radius 1 is 1.58 bits per heavy atom. The molecule has 1 aromatic carbocycles. The lowest BCUT2D eigenvalue weighted by Crippen LogP contribution is -2.44. The summed E-state index contributed by atoms with van der Waals surface area (Å²) in [5.41, 5.74) is 4.91. The number of hydrogen-bond acceptors (Lipinski definition) is 3. The van der Waals surface area contributed by atoms with Crippen molar-refractivity contribution in [3.05, 3.63) is 35.6 Å². The molecule has 0 bridgehead atoms. The molecule has 3 N–H and O–H groups in total. The third-order valence-electron chi connectivity index (χ3n) is 3.80. The van der Waals surface area contributed by atoms with Gasteiger partial charge in [0.25, 0.3) is 0 Å². The van der Waals surface area contributed by atoms with Gasteiger partial charge in [0.2, 0.25) is 0 Å². The summed E-state index contributed by atoms with van der Waals surface area (Å²) in [6.45, 7) is 1.14. The third kappa shape index (κ3) is 2.77. The average molecular weight is 267 g/mol. The molecule has 0 radical (unpaired) electrons. The lowest BCUT2D eigenvalue weighted by Gasteiger charge is -2.30. The summed E-state index contributed by atoms with van der Waals surface area (Å²) in [7, 11) is 0. The third-order valence-corrected chi connectivity index (χ3v) is 3.80. The highest BCUT2D eigenvalue weighted by Gasteiger charge is 2.42. The molecule has 4 nitrogen and oxygen atoms in total. The molecule has 0 saturated carbocycles. The standard InChI is InChI=1S/C14H18FNO3/c15-12-3-1-2-11(6-12)14(9-16,13(17)18)7-10-4-5-19-8-10/h1-3,6,10H,4-5,7-9,16H2,(H,17,18). The Morgan fingerprint density at radius 2 is 2.37 bits per heavy atom. The van der Waals surface area contributed by atoms with E-state index in [4.69, 9.17) is 10.5 Å². The van der Waals surface area contributed by atoms with Gasteiger partial charge in [0, 0.05) is 19.8 Å². The van der Waals surface area contributed by atoms with E-state index in [9.17, 15) is 14.3 Å². The molecule has 5 heteroatoms. The molecule has 1 aromatic rings. The molecule has 1 aliphatic rings. The minimum atomic E-state index is -1.24. The predicted molar refractivity (Wildman–Crippen MR) is 68.3 cm³/mol. The number of benzene rings is 1. The normalized spacial score (nSPS) is 22.1. The van der Waals surface area contributed by atoms with E-state index in [0.717, 1.165) is 6.42 Å². The SMILES string of the molecule is NCC(CC1CCOC1)(C(=O)O)c1cccc(F)c1. The van der Waals surface area contributed by atoms with E-state index >= 15 is 0 Å². The number of aliphatic carboxylic acids is 1. The van der Waals surface area contributed by atoms with Crippen LogP contribution >= 0.6 is 0 Å². The molecule has 0 aliphatic carbocycles. The highest BCUT2D eigenvalue weighted by molar-refractivity contribution is 5.81. The van der Waals surface area contributed by atoms with E-state index in [2.05, 4.69) is 0 Å². The van der Waals surface area contributed by atoms with Crippen molar-refractivity contribution < 1.29 is 19.0 Å². The van der Waals surface area contributed by atoms with E-state index in [-0.39, 0.29) is 12.5 Å². The van der Waals surface area contributed by atoms with E-state index < -0.39 is 17.2 Å². The summed E-state index contributed by atoms with van der Waals surface area (Å²) >= 11 is 0. The lowest BCUT2D eigenvalue weighted by atomic mass is 9.73. The predicted octanol–water partition coefficient (Wildman–Crippen LogP) is 1.53. The van der Waals surface area contributed by atoms with Crippen LogP contribution in [0.5, 0.6) is 0 Å². The number of halogens is 1. The van der Waals surface area contributed by atoms with Crippen molar-refractivity contribution in [1.29, 1.82) is 0 Å². The number of nitrogens with two attached hydrogens (primary N) is 1. The lowest BCUT2D eigenvalue weighted by molar-refractivity contribution is -0.144. The Labute approximate surface area is 111 Å². The summed E-state index contributed by atoms with van der Waals surface area (Å²) in [5.74, 6) is -1.30. The van der Waals surface area contributed by atoms with Crippen LogP contribution in [-0.2, 0) is 14.9 Å². The fraction of sp³-hybridized carbons (Fsp3) is 0.500. The first-order valence-electron chi connectivity index (χ1n) is 6.36. The molecule has 2 atom stereocenters. The van der Waals surface area contributed by atoms with Gasteiger partial charge in [-0.3, -0.25) is 4.79 Å². The maximum Gasteiger partial charge on any atom is 0.315 e. The van der Waals surface area contributed by atoms with Gasteiger partial charge < -0.3 is 15.6 Å². The highest BCUT2D eigenvalue weighted by atomic mass is 19.1. The van der Waals surface area contributed by atoms with Gasteiger partial charge >= 0.3 is 5.97 Å². The number of carboxylic acid groups (broad SMARTS) is 1. The van der Waals surface area contributed by atoms with Gasteiger partial charge in [-0.1, -0.05) is 12.1 Å². The number of carbonyl (C=O) groups is 1. The first kappa shape index (κ1) is 14.0. The van der Waals surface area contributed by atoms with Crippen LogP contribution in [0.25, 0.3) is 0 Å². The molecule has 1 saturated heterocycles. The maximum atomic E-state index is 13.4. The van der Waals surface area contributed by atoms with Gasteiger partial charge in [-0.2, -0.15) is 0 Å². The summed E-state index contributed by atoms with van der Waals surface area (Å²) in [5, 5.41) is 9.59. The molecule has 2 rings (SSSR count). The minimum Gasteiger partial charge on any atom is -0.481 e. The van der Waals surface area contributed by atoms with Crippen molar-refractivity contribution >= 4 is 5.97 Å². The highest BCUT2D eigenvalue weighted by Crippen LogP contribution is 2.34. The second-order valence-electron chi connectivity index (χ2n) is 5.04. The summed E-state index contributed by atoms with van der Waals surface area (Å²) in [6.07, 6.45) is 1.20. The first-order chi connectivity index (χ1) is 9.08. The van der Waals surface area contributed by atoms with Gasteiger partial charge in [0.05, 0.1) is 0 Å². The number of ether oxygens (including phenoxy) is 1. The molecule has 0 spiro atoms. The molecule has 0 aromatic heterocycles. The van der Waals surface area contributed by atoms with Crippen molar-refractivity contribution in [3.63, 3.8) is 0 Å². The van der Waals surface area contributed by atoms with Crippen LogP contribution in [-0.4, -0.2) is 30.8 Å². The zero-order chi connectivity index (χ0) is 13.9. The van der Waals surface area contributed by atoms with Crippen molar-refractivity contribution in [1.82, 2.24) is 0 Å². The van der Waals surface area contributed by atoms with Gasteiger partial charge in [-0.05, 0) is 36.5 Å². The van der Waals surface area contributed by atoms with Crippen LogP contribution in [0.3, 0.4) is 0 Å². The Balaban J connectivity index is 2.35. The Morgan fingerprint density at radius 3 is 2.89 bits per heavy atom. The fourth-order valence-corrected chi connectivity index (χ4v) is 2.64. The molecule has 19 heavy (non-hydrogen) atoms. The van der Waals surface area contributed by atoms with Crippen LogP contribution < -0.4 is 5.73 Å². The fourth-order valence-electron chi connectivity index (χ4n) is 2.64. The zero-order valence-corrected chi connectivity index (χ0v) is 10.6. The average Bonchev–Trinajstić information content (AvgIpc) is 2.88. The number of rotatable bonds is 5. The smallest absolute Gasteiger partial charge is 0.315 e. The molecule has 0 amide bonds. The van der Waals surface area contributed by atoms with Crippen LogP contribution in [0.1, 0.15) is 18.4 Å². The van der Waals surface area contributed by atoms with Crippen LogP contribution in [0.2, 0.25) is 0 Å². The molecule has 1 fully saturated rings. The van der Waals surface area contributed by atoms with Crippen molar-refractivity contribution in [2.24, 2.45) is 11.7 Å². The summed E-state index contributed by atoms with van der Waals surface area (Å²) in [4.78, 5) is 11.7. The number of hydrogen-bond donors (Lipinski definition) is 2. The first-order valence-corrected chi connectivity index (χ1v) is 6.36. The maximum absolute atomic E-state index is 13.4. The summed E-state index contributed by atoms with van der Waals surface area (Å²) in [6, 6.07) is 5.70. The Bertz CT molecular complexity index is 460. The second-order valence-corrected chi connectivity index (χ2v) is 5.04. The minimum absolute atomic E-state index is 0.0533. The van der Waals surface area contributed by atoms with Crippen molar-refractivity contribution in [2.45, 2.75) is 18.3 Å². The van der Waals surface area contributed by atoms with Gasteiger partial charge in [-0.25, -0.2) is 4.39 Å².